The van der Waals surface area contributed by atoms with Gasteiger partial charge in [0.05, 0.1) is 13.1 Å². The van der Waals surface area contributed by atoms with E-state index in [1.165, 1.54) is 30.5 Å². The molecule has 0 amide bonds. The Morgan fingerprint density at radius 1 is 1.00 bits per heavy atom. The molecule has 6 rings (SSSR count). The lowest BCUT2D eigenvalue weighted by Crippen LogP contribution is -2.26. The largest absolute Gasteiger partial charge is 0.441 e. The summed E-state index contributed by atoms with van der Waals surface area (Å²) in [5.41, 5.74) is 2.79. The molecule has 0 fully saturated rings. The maximum Gasteiger partial charge on any atom is 0.352 e. The molecule has 4 aromatic heterocycles. The molecule has 186 valence electrons. The second-order valence-corrected chi connectivity index (χ2v) is 9.02. The summed E-state index contributed by atoms with van der Waals surface area (Å²) in [6, 6.07) is 13.6. The second kappa shape index (κ2) is 8.40. The summed E-state index contributed by atoms with van der Waals surface area (Å²) in [5, 5.41) is 8.79. The summed E-state index contributed by atoms with van der Waals surface area (Å²) in [5.74, 6) is 0.793. The van der Waals surface area contributed by atoms with E-state index >= 15 is 0 Å². The van der Waals surface area contributed by atoms with Crippen LogP contribution in [0.25, 0.3) is 28.3 Å². The molecule has 0 aliphatic rings. The minimum atomic E-state index is -0.444. The van der Waals surface area contributed by atoms with E-state index in [0.717, 1.165) is 11.1 Å². The number of nitrogens with zero attached hydrogens (tertiary/aromatic N) is 7. The molecule has 0 N–H and O–H groups in total. The highest BCUT2D eigenvalue weighted by Gasteiger charge is 2.21. The Kier molecular flexibility index (Phi) is 5.14. The molecular formula is C26H22FN7O3. The van der Waals surface area contributed by atoms with E-state index in [1.54, 1.807) is 32.3 Å². The molecule has 0 radical (unpaired) electrons. The number of fused-ring (bicyclic) bond motifs is 3. The average molecular weight is 500 g/mol. The fourth-order valence-corrected chi connectivity index (χ4v) is 4.43. The first-order chi connectivity index (χ1) is 17.8. The van der Waals surface area contributed by atoms with Crippen LogP contribution in [0.3, 0.4) is 0 Å². The quantitative estimate of drug-likeness (QED) is 0.361. The van der Waals surface area contributed by atoms with E-state index in [1.807, 2.05) is 31.2 Å². The van der Waals surface area contributed by atoms with Crippen molar-refractivity contribution >= 4 is 16.8 Å². The van der Waals surface area contributed by atoms with Crippen LogP contribution in [0.5, 0.6) is 0 Å². The first-order valence-electron chi connectivity index (χ1n) is 11.6. The van der Waals surface area contributed by atoms with Crippen molar-refractivity contribution in [2.24, 2.45) is 7.05 Å². The van der Waals surface area contributed by atoms with Crippen LogP contribution in [-0.4, -0.2) is 33.5 Å². The first kappa shape index (κ1) is 22.7. The summed E-state index contributed by atoms with van der Waals surface area (Å²) >= 11 is 0. The smallest absolute Gasteiger partial charge is 0.352 e. The fraction of sp³-hybridized carbons (Fsp3) is 0.192. The van der Waals surface area contributed by atoms with Gasteiger partial charge in [-0.15, -0.1) is 5.10 Å². The van der Waals surface area contributed by atoms with Crippen molar-refractivity contribution in [2.45, 2.75) is 26.9 Å². The van der Waals surface area contributed by atoms with Gasteiger partial charge in [-0.1, -0.05) is 29.8 Å². The van der Waals surface area contributed by atoms with Crippen LogP contribution in [-0.2, 0) is 20.1 Å². The summed E-state index contributed by atoms with van der Waals surface area (Å²) < 4.78 is 24.8. The highest BCUT2D eigenvalue weighted by molar-refractivity contribution is 5.75. The molecule has 0 atom stereocenters. The van der Waals surface area contributed by atoms with Crippen LogP contribution in [0.2, 0.25) is 0 Å². The standard InChI is InChI=1S/C26H22FN7O3/c1-15-5-4-6-18(11-15)23-28-20(16(2)37-23)13-33-26(36)34-21-14-31(3)29-22(21)24(35)32(25(34)30-33)12-17-7-9-19(27)10-8-17/h4-11,14H,12-13H2,1-3H3. The zero-order chi connectivity index (χ0) is 25.8. The lowest BCUT2D eigenvalue weighted by Gasteiger charge is -2.07. The molecule has 0 aliphatic heterocycles. The second-order valence-electron chi connectivity index (χ2n) is 9.02. The maximum absolute atomic E-state index is 13.6. The molecule has 11 heteroatoms. The van der Waals surface area contributed by atoms with Gasteiger partial charge in [0.15, 0.2) is 5.52 Å². The monoisotopic (exact) mass is 499 g/mol. The number of benzene rings is 2. The zero-order valence-electron chi connectivity index (χ0n) is 20.3. The van der Waals surface area contributed by atoms with Crippen molar-refractivity contribution in [3.63, 3.8) is 0 Å². The highest BCUT2D eigenvalue weighted by Crippen LogP contribution is 2.23. The lowest BCUT2D eigenvalue weighted by molar-refractivity contribution is 0.535. The Balaban J connectivity index is 1.49. The molecule has 0 aliphatic carbocycles. The number of aryl methyl sites for hydroxylation is 3. The molecule has 4 heterocycles. The van der Waals surface area contributed by atoms with Gasteiger partial charge in [-0.05, 0) is 43.7 Å². The third-order valence-corrected chi connectivity index (χ3v) is 6.27. The maximum atomic E-state index is 13.6. The van der Waals surface area contributed by atoms with Gasteiger partial charge < -0.3 is 4.42 Å². The molecule has 37 heavy (non-hydrogen) atoms. The Labute approximate surface area is 208 Å². The number of hydrogen-bond acceptors (Lipinski definition) is 6. The molecule has 10 nitrogen and oxygen atoms in total. The third kappa shape index (κ3) is 3.84. The molecule has 6 aromatic rings. The number of rotatable bonds is 5. The van der Waals surface area contributed by atoms with Gasteiger partial charge in [-0.3, -0.25) is 14.0 Å². The first-order valence-corrected chi connectivity index (χ1v) is 11.6. The molecule has 0 bridgehead atoms. The molecule has 0 saturated carbocycles. The zero-order valence-corrected chi connectivity index (χ0v) is 20.3. The topological polar surface area (TPSA) is 105 Å². The van der Waals surface area contributed by atoms with Gasteiger partial charge in [-0.2, -0.15) is 5.10 Å². The Morgan fingerprint density at radius 3 is 2.54 bits per heavy atom. The van der Waals surface area contributed by atoms with Crippen LogP contribution in [0.4, 0.5) is 4.39 Å². The predicted molar refractivity (Wildman–Crippen MR) is 134 cm³/mol. The van der Waals surface area contributed by atoms with E-state index < -0.39 is 11.2 Å². The number of hydrogen-bond donors (Lipinski definition) is 0. The molecular weight excluding hydrogens is 477 g/mol. The average Bonchev–Trinajstić information content (AvgIpc) is 3.53. The van der Waals surface area contributed by atoms with E-state index in [9.17, 15) is 14.0 Å². The fourth-order valence-electron chi connectivity index (χ4n) is 4.43. The van der Waals surface area contributed by atoms with E-state index in [-0.39, 0.29) is 30.2 Å². The Hall–Kier alpha value is -4.80. The van der Waals surface area contributed by atoms with Crippen molar-refractivity contribution in [2.75, 3.05) is 0 Å². The van der Waals surface area contributed by atoms with Crippen LogP contribution >= 0.6 is 0 Å². The number of halogens is 1. The van der Waals surface area contributed by atoms with Gasteiger partial charge in [0, 0.05) is 18.8 Å². The summed E-state index contributed by atoms with van der Waals surface area (Å²) in [6.45, 7) is 3.91. The van der Waals surface area contributed by atoms with Gasteiger partial charge in [0.2, 0.25) is 11.7 Å². The van der Waals surface area contributed by atoms with Crippen molar-refractivity contribution in [1.29, 1.82) is 0 Å². The molecule has 0 spiro atoms. The lowest BCUT2D eigenvalue weighted by atomic mass is 10.1. The number of aromatic nitrogens is 7. The van der Waals surface area contributed by atoms with Crippen LogP contribution in [0.1, 0.15) is 22.6 Å². The molecule has 2 aromatic carbocycles. The summed E-state index contributed by atoms with van der Waals surface area (Å²) in [6.07, 6.45) is 1.61. The molecule has 0 unspecified atom stereocenters. The predicted octanol–water partition coefficient (Wildman–Crippen LogP) is 3.05. The van der Waals surface area contributed by atoms with Gasteiger partial charge in [-0.25, -0.2) is 23.3 Å². The summed E-state index contributed by atoms with van der Waals surface area (Å²) in [4.78, 5) is 31.5. The number of oxazole rings is 1. The summed E-state index contributed by atoms with van der Waals surface area (Å²) in [7, 11) is 1.68. The van der Waals surface area contributed by atoms with Gasteiger partial charge in [0.25, 0.3) is 5.56 Å². The minimum Gasteiger partial charge on any atom is -0.441 e. The molecule has 0 saturated heterocycles. The van der Waals surface area contributed by atoms with Crippen molar-refractivity contribution in [3.05, 3.63) is 104 Å². The highest BCUT2D eigenvalue weighted by atomic mass is 19.1. The van der Waals surface area contributed by atoms with Crippen LogP contribution < -0.4 is 11.2 Å². The van der Waals surface area contributed by atoms with Crippen molar-refractivity contribution in [3.8, 4) is 11.5 Å². The van der Waals surface area contributed by atoms with Crippen LogP contribution in [0, 0.1) is 19.7 Å². The van der Waals surface area contributed by atoms with E-state index in [4.69, 9.17) is 4.42 Å². The third-order valence-electron chi connectivity index (χ3n) is 6.27. The Bertz CT molecular complexity index is 1920. The van der Waals surface area contributed by atoms with Crippen molar-refractivity contribution < 1.29 is 8.81 Å². The van der Waals surface area contributed by atoms with E-state index in [0.29, 0.717) is 28.4 Å². The van der Waals surface area contributed by atoms with E-state index in [2.05, 4.69) is 15.2 Å². The normalized spacial score (nSPS) is 11.7. The van der Waals surface area contributed by atoms with Gasteiger partial charge >= 0.3 is 5.69 Å². The van der Waals surface area contributed by atoms with Gasteiger partial charge in [0.1, 0.15) is 22.8 Å². The SMILES string of the molecule is Cc1cccc(-c2nc(Cn3nc4n(Cc5ccc(F)cc5)c(=O)c5nn(C)cc5n4c3=O)c(C)o2)c1. The van der Waals surface area contributed by atoms with Crippen molar-refractivity contribution in [1.82, 2.24) is 33.5 Å². The van der Waals surface area contributed by atoms with Crippen LogP contribution in [0.15, 0.2) is 68.7 Å². The minimum absolute atomic E-state index is 0.0498. The Morgan fingerprint density at radius 2 is 1.78 bits per heavy atom.